The Bertz CT molecular complexity index is 1330. The van der Waals surface area contributed by atoms with Gasteiger partial charge in [0.25, 0.3) is 5.56 Å². The Morgan fingerprint density at radius 3 is 2.51 bits per heavy atom. The summed E-state index contributed by atoms with van der Waals surface area (Å²) in [7, 11) is 0. The zero-order valence-electron chi connectivity index (χ0n) is 20.0. The second-order valence-corrected chi connectivity index (χ2v) is 9.58. The Morgan fingerprint density at radius 2 is 1.86 bits per heavy atom. The van der Waals surface area contributed by atoms with Crippen LogP contribution in [0.3, 0.4) is 0 Å². The van der Waals surface area contributed by atoms with E-state index in [9.17, 15) is 14.4 Å². The standard InChI is InChI=1S/C24H27Cl2N5O4/c1-6-27-22(33)29-14-10-11-15(25)18(12-14)31-20(13(2)28-23(34)35-24(3,4)5)30-17-9-7-8-16(26)19(17)21(31)32/h7-13H,6H2,1-5H3,(H,28,34)(H2,27,29,33). The van der Waals surface area contributed by atoms with Crippen molar-refractivity contribution in [3.8, 4) is 5.69 Å². The quantitative estimate of drug-likeness (QED) is 0.416. The molecular weight excluding hydrogens is 493 g/mol. The lowest BCUT2D eigenvalue weighted by atomic mass is 10.2. The van der Waals surface area contributed by atoms with Gasteiger partial charge >= 0.3 is 12.1 Å². The minimum absolute atomic E-state index is 0.195. The molecule has 3 amide bonds. The number of amides is 3. The van der Waals surface area contributed by atoms with Gasteiger partial charge in [-0.1, -0.05) is 29.3 Å². The fourth-order valence-electron chi connectivity index (χ4n) is 3.38. The van der Waals surface area contributed by atoms with Gasteiger partial charge in [0.2, 0.25) is 0 Å². The normalized spacial score (nSPS) is 12.2. The number of benzene rings is 2. The van der Waals surface area contributed by atoms with Gasteiger partial charge in [-0.2, -0.15) is 0 Å². The van der Waals surface area contributed by atoms with Gasteiger partial charge in [0.05, 0.1) is 32.7 Å². The van der Waals surface area contributed by atoms with Gasteiger partial charge in [-0.25, -0.2) is 14.6 Å². The molecule has 0 saturated heterocycles. The highest BCUT2D eigenvalue weighted by atomic mass is 35.5. The number of urea groups is 1. The molecule has 2 aromatic carbocycles. The van der Waals surface area contributed by atoms with Crippen LogP contribution >= 0.6 is 23.2 Å². The average molecular weight is 520 g/mol. The van der Waals surface area contributed by atoms with E-state index in [1.807, 2.05) is 0 Å². The number of alkyl carbamates (subject to hydrolysis) is 1. The molecular formula is C24H27Cl2N5O4. The lowest BCUT2D eigenvalue weighted by Gasteiger charge is -2.24. The highest BCUT2D eigenvalue weighted by molar-refractivity contribution is 6.35. The fraction of sp³-hybridized carbons (Fsp3) is 0.333. The monoisotopic (exact) mass is 519 g/mol. The summed E-state index contributed by atoms with van der Waals surface area (Å²) in [5.74, 6) is 0.202. The fourth-order valence-corrected chi connectivity index (χ4v) is 3.83. The molecule has 0 aliphatic heterocycles. The van der Waals surface area contributed by atoms with Gasteiger partial charge in [0.15, 0.2) is 0 Å². The number of carbonyl (C=O) groups is 2. The summed E-state index contributed by atoms with van der Waals surface area (Å²) in [5.41, 5.74) is -0.172. The van der Waals surface area contributed by atoms with E-state index in [2.05, 4.69) is 20.9 Å². The number of fused-ring (bicyclic) bond motifs is 1. The summed E-state index contributed by atoms with van der Waals surface area (Å²) in [6.45, 7) is 9.14. The van der Waals surface area contributed by atoms with Gasteiger partial charge in [0.1, 0.15) is 11.4 Å². The first kappa shape index (κ1) is 26.3. The summed E-state index contributed by atoms with van der Waals surface area (Å²) in [4.78, 5) is 42.8. The number of ether oxygens (including phenoxy) is 1. The third kappa shape index (κ3) is 6.23. The molecule has 0 fully saturated rings. The van der Waals surface area contributed by atoms with Crippen LogP contribution < -0.4 is 21.5 Å². The number of aromatic nitrogens is 2. The second-order valence-electron chi connectivity index (χ2n) is 8.76. The zero-order chi connectivity index (χ0) is 25.9. The van der Waals surface area contributed by atoms with Crippen LogP contribution in [0.4, 0.5) is 15.3 Å². The van der Waals surface area contributed by atoms with Crippen LogP contribution in [0.1, 0.15) is 46.5 Å². The number of rotatable bonds is 5. The summed E-state index contributed by atoms with van der Waals surface area (Å²) in [6, 6.07) is 8.48. The Hall–Kier alpha value is -3.30. The molecule has 1 heterocycles. The number of anilines is 1. The molecule has 0 saturated carbocycles. The van der Waals surface area contributed by atoms with Crippen molar-refractivity contribution in [2.24, 2.45) is 0 Å². The van der Waals surface area contributed by atoms with Crippen molar-refractivity contribution in [2.45, 2.75) is 46.3 Å². The van der Waals surface area contributed by atoms with E-state index in [-0.39, 0.29) is 26.9 Å². The van der Waals surface area contributed by atoms with Crippen molar-refractivity contribution < 1.29 is 14.3 Å². The SMILES string of the molecule is CCNC(=O)Nc1ccc(Cl)c(-n2c(C(C)NC(=O)OC(C)(C)C)nc3cccc(Cl)c3c2=O)c1. The van der Waals surface area contributed by atoms with Crippen molar-refractivity contribution in [2.75, 3.05) is 11.9 Å². The van der Waals surface area contributed by atoms with Crippen LogP contribution in [-0.2, 0) is 4.74 Å². The molecule has 1 aromatic heterocycles. The number of nitrogens with one attached hydrogen (secondary N) is 3. The summed E-state index contributed by atoms with van der Waals surface area (Å²) in [5, 5.41) is 8.69. The lowest BCUT2D eigenvalue weighted by Crippen LogP contribution is -2.37. The Kier molecular flexibility index (Phi) is 7.92. The maximum Gasteiger partial charge on any atom is 0.408 e. The first-order chi connectivity index (χ1) is 16.4. The number of hydrogen-bond acceptors (Lipinski definition) is 5. The average Bonchev–Trinajstić information content (AvgIpc) is 2.74. The minimum Gasteiger partial charge on any atom is -0.444 e. The molecule has 1 unspecified atom stereocenters. The molecule has 186 valence electrons. The lowest BCUT2D eigenvalue weighted by molar-refractivity contribution is 0.0505. The van der Waals surface area contributed by atoms with Crippen LogP contribution in [0.2, 0.25) is 10.0 Å². The first-order valence-corrected chi connectivity index (χ1v) is 11.7. The topological polar surface area (TPSA) is 114 Å². The number of halogens is 2. The molecule has 3 aromatic rings. The van der Waals surface area contributed by atoms with Gasteiger partial charge in [-0.05, 0) is 65.0 Å². The zero-order valence-corrected chi connectivity index (χ0v) is 21.5. The van der Waals surface area contributed by atoms with E-state index in [1.165, 1.54) is 4.57 Å². The van der Waals surface area contributed by atoms with Crippen molar-refractivity contribution >= 4 is 51.9 Å². The molecule has 35 heavy (non-hydrogen) atoms. The van der Waals surface area contributed by atoms with Crippen molar-refractivity contribution in [3.05, 3.63) is 62.6 Å². The summed E-state index contributed by atoms with van der Waals surface area (Å²) < 4.78 is 6.63. The van der Waals surface area contributed by atoms with Crippen LogP contribution in [0.5, 0.6) is 0 Å². The maximum absolute atomic E-state index is 13.7. The molecule has 0 bridgehead atoms. The molecule has 0 radical (unpaired) electrons. The van der Waals surface area contributed by atoms with E-state index in [1.54, 1.807) is 71.0 Å². The molecule has 3 rings (SSSR count). The number of hydrogen-bond donors (Lipinski definition) is 3. The highest BCUT2D eigenvalue weighted by Gasteiger charge is 2.24. The predicted octanol–water partition coefficient (Wildman–Crippen LogP) is 5.42. The van der Waals surface area contributed by atoms with Crippen LogP contribution in [0.25, 0.3) is 16.6 Å². The molecule has 9 nitrogen and oxygen atoms in total. The number of nitrogens with zero attached hydrogens (tertiary/aromatic N) is 2. The van der Waals surface area contributed by atoms with Gasteiger partial charge in [-0.15, -0.1) is 0 Å². The maximum atomic E-state index is 13.7. The van der Waals surface area contributed by atoms with E-state index >= 15 is 0 Å². The Balaban J connectivity index is 2.20. The van der Waals surface area contributed by atoms with Crippen LogP contribution in [-0.4, -0.2) is 33.8 Å². The molecule has 0 aliphatic carbocycles. The van der Waals surface area contributed by atoms with Crippen molar-refractivity contribution in [1.29, 1.82) is 0 Å². The molecule has 3 N–H and O–H groups in total. The highest BCUT2D eigenvalue weighted by Crippen LogP contribution is 2.28. The minimum atomic E-state index is -0.753. The summed E-state index contributed by atoms with van der Waals surface area (Å²) in [6.07, 6.45) is -0.672. The van der Waals surface area contributed by atoms with Crippen molar-refractivity contribution in [3.63, 3.8) is 0 Å². The third-order valence-corrected chi connectivity index (χ3v) is 5.41. The van der Waals surface area contributed by atoms with E-state index in [0.29, 0.717) is 17.7 Å². The third-order valence-electron chi connectivity index (χ3n) is 4.78. The second kappa shape index (κ2) is 10.5. The van der Waals surface area contributed by atoms with Gasteiger partial charge < -0.3 is 20.7 Å². The molecule has 11 heteroatoms. The van der Waals surface area contributed by atoms with E-state index in [0.717, 1.165) is 0 Å². The number of carbonyl (C=O) groups excluding carboxylic acids is 2. The van der Waals surface area contributed by atoms with E-state index < -0.39 is 29.3 Å². The van der Waals surface area contributed by atoms with Crippen LogP contribution in [0, 0.1) is 0 Å². The van der Waals surface area contributed by atoms with Crippen molar-refractivity contribution in [1.82, 2.24) is 20.2 Å². The Morgan fingerprint density at radius 1 is 1.14 bits per heavy atom. The van der Waals surface area contributed by atoms with E-state index in [4.69, 9.17) is 27.9 Å². The first-order valence-electron chi connectivity index (χ1n) is 11.0. The largest absolute Gasteiger partial charge is 0.444 e. The molecule has 1 atom stereocenters. The summed E-state index contributed by atoms with van der Waals surface area (Å²) >= 11 is 12.8. The molecule has 0 spiro atoms. The van der Waals surface area contributed by atoms with Crippen LogP contribution in [0.15, 0.2) is 41.2 Å². The Labute approximate surface area is 212 Å². The van der Waals surface area contributed by atoms with Gasteiger partial charge in [0, 0.05) is 12.2 Å². The smallest absolute Gasteiger partial charge is 0.408 e. The van der Waals surface area contributed by atoms with Gasteiger partial charge in [-0.3, -0.25) is 9.36 Å². The predicted molar refractivity (Wildman–Crippen MR) is 138 cm³/mol. The molecule has 0 aliphatic rings.